The summed E-state index contributed by atoms with van der Waals surface area (Å²) in [4.78, 5) is 28.8. The first-order valence-corrected chi connectivity index (χ1v) is 11.5. The van der Waals surface area contributed by atoms with E-state index in [0.717, 1.165) is 59.9 Å². The van der Waals surface area contributed by atoms with E-state index < -0.39 is 0 Å². The van der Waals surface area contributed by atoms with E-state index in [1.54, 1.807) is 19.5 Å². The molecular formula is C27H32N4O2. The van der Waals surface area contributed by atoms with E-state index >= 15 is 0 Å². The molecule has 0 atom stereocenters. The normalized spacial score (nSPS) is 14.8. The lowest BCUT2D eigenvalue weighted by molar-refractivity contribution is -0.131. The third kappa shape index (κ3) is 5.38. The Hall–Kier alpha value is -3.28. The molecule has 33 heavy (non-hydrogen) atoms. The molecule has 6 heteroatoms. The number of hydrogen-bond donors (Lipinski definition) is 0. The van der Waals surface area contributed by atoms with E-state index in [1.165, 1.54) is 0 Å². The lowest BCUT2D eigenvalue weighted by Gasteiger charge is -2.33. The Morgan fingerprint density at radius 3 is 2.52 bits per heavy atom. The Morgan fingerprint density at radius 2 is 1.85 bits per heavy atom. The summed E-state index contributed by atoms with van der Waals surface area (Å²) in [6.45, 7) is 7.88. The third-order valence-electron chi connectivity index (χ3n) is 6.20. The SMILES string of the molecule is COc1cccc(CC(=O)N2CCC(c3nc(C(C)(C)C)ncc3-c3ccncc3)CC2)c1. The molecule has 1 saturated heterocycles. The minimum Gasteiger partial charge on any atom is -0.497 e. The van der Waals surface area contributed by atoms with Crippen LogP contribution in [0.15, 0.2) is 55.0 Å². The minimum atomic E-state index is -0.126. The van der Waals surface area contributed by atoms with E-state index in [0.29, 0.717) is 6.42 Å². The van der Waals surface area contributed by atoms with Gasteiger partial charge in [-0.2, -0.15) is 0 Å². The number of piperidine rings is 1. The molecule has 1 aliphatic rings. The Labute approximate surface area is 196 Å². The van der Waals surface area contributed by atoms with Crippen LogP contribution in [0, 0.1) is 0 Å². The van der Waals surface area contributed by atoms with Crippen LogP contribution >= 0.6 is 0 Å². The lowest BCUT2D eigenvalue weighted by atomic mass is 9.87. The molecule has 4 rings (SSSR count). The number of carbonyl (C=O) groups is 1. The van der Waals surface area contributed by atoms with Crippen molar-refractivity contribution < 1.29 is 9.53 Å². The minimum absolute atomic E-state index is 0.126. The van der Waals surface area contributed by atoms with Crippen LogP contribution in [-0.2, 0) is 16.6 Å². The first-order chi connectivity index (χ1) is 15.8. The van der Waals surface area contributed by atoms with Gasteiger partial charge in [-0.1, -0.05) is 32.9 Å². The van der Waals surface area contributed by atoms with Crippen LogP contribution in [0.3, 0.4) is 0 Å². The van der Waals surface area contributed by atoms with E-state index in [4.69, 9.17) is 9.72 Å². The fourth-order valence-electron chi connectivity index (χ4n) is 4.29. The number of aromatic nitrogens is 3. The van der Waals surface area contributed by atoms with Crippen LogP contribution in [0.2, 0.25) is 0 Å². The number of rotatable bonds is 5. The van der Waals surface area contributed by atoms with Gasteiger partial charge in [-0.05, 0) is 48.2 Å². The van der Waals surface area contributed by atoms with Crippen LogP contribution in [0.25, 0.3) is 11.1 Å². The van der Waals surface area contributed by atoms with Gasteiger partial charge in [0.2, 0.25) is 5.91 Å². The Balaban J connectivity index is 1.51. The maximum Gasteiger partial charge on any atom is 0.226 e. The van der Waals surface area contributed by atoms with Crippen molar-refractivity contribution in [2.45, 2.75) is 51.4 Å². The van der Waals surface area contributed by atoms with Crippen LogP contribution in [-0.4, -0.2) is 46.0 Å². The van der Waals surface area contributed by atoms with Crippen molar-refractivity contribution in [3.63, 3.8) is 0 Å². The largest absolute Gasteiger partial charge is 0.497 e. The Kier molecular flexibility index (Phi) is 6.72. The first-order valence-electron chi connectivity index (χ1n) is 11.5. The molecule has 0 aliphatic carbocycles. The van der Waals surface area contributed by atoms with Crippen molar-refractivity contribution in [2.75, 3.05) is 20.2 Å². The molecule has 0 bridgehead atoms. The molecule has 3 aromatic rings. The van der Waals surface area contributed by atoms with Crippen LogP contribution in [0.4, 0.5) is 0 Å². The highest BCUT2D eigenvalue weighted by Crippen LogP contribution is 2.35. The van der Waals surface area contributed by atoms with Crippen LogP contribution < -0.4 is 4.74 Å². The highest BCUT2D eigenvalue weighted by molar-refractivity contribution is 5.79. The Morgan fingerprint density at radius 1 is 1.12 bits per heavy atom. The number of likely N-dealkylation sites (tertiary alicyclic amines) is 1. The summed E-state index contributed by atoms with van der Waals surface area (Å²) in [5.74, 6) is 2.08. The number of amides is 1. The molecule has 0 saturated carbocycles. The van der Waals surface area contributed by atoms with Crippen molar-refractivity contribution in [1.29, 1.82) is 0 Å². The smallest absolute Gasteiger partial charge is 0.226 e. The summed E-state index contributed by atoms with van der Waals surface area (Å²) in [5.41, 5.74) is 4.08. The van der Waals surface area contributed by atoms with Gasteiger partial charge in [0.05, 0.1) is 19.2 Å². The molecule has 3 heterocycles. The maximum absolute atomic E-state index is 12.9. The summed E-state index contributed by atoms with van der Waals surface area (Å²) < 4.78 is 5.29. The molecule has 0 unspecified atom stereocenters. The zero-order valence-electron chi connectivity index (χ0n) is 19.9. The second-order valence-electron chi connectivity index (χ2n) is 9.66. The molecule has 6 nitrogen and oxygen atoms in total. The topological polar surface area (TPSA) is 68.2 Å². The zero-order valence-corrected chi connectivity index (χ0v) is 19.9. The van der Waals surface area contributed by atoms with Gasteiger partial charge in [-0.25, -0.2) is 9.97 Å². The van der Waals surface area contributed by atoms with Gasteiger partial charge in [0, 0.05) is 48.6 Å². The van der Waals surface area contributed by atoms with Crippen molar-refractivity contribution >= 4 is 5.91 Å². The van der Waals surface area contributed by atoms with Gasteiger partial charge in [0.15, 0.2) is 0 Å². The highest BCUT2D eigenvalue weighted by Gasteiger charge is 2.28. The van der Waals surface area contributed by atoms with Crippen LogP contribution in [0.1, 0.15) is 56.6 Å². The van der Waals surface area contributed by atoms with Gasteiger partial charge in [-0.15, -0.1) is 0 Å². The van der Waals surface area contributed by atoms with Gasteiger partial charge >= 0.3 is 0 Å². The fourth-order valence-corrected chi connectivity index (χ4v) is 4.29. The molecule has 0 radical (unpaired) electrons. The van der Waals surface area contributed by atoms with E-state index in [9.17, 15) is 4.79 Å². The molecule has 1 amide bonds. The van der Waals surface area contributed by atoms with Crippen LogP contribution in [0.5, 0.6) is 5.75 Å². The average Bonchev–Trinajstić information content (AvgIpc) is 2.84. The molecular weight excluding hydrogens is 412 g/mol. The molecule has 172 valence electrons. The van der Waals surface area contributed by atoms with Crippen molar-refractivity contribution in [3.8, 4) is 16.9 Å². The summed E-state index contributed by atoms with van der Waals surface area (Å²) in [6, 6.07) is 11.7. The summed E-state index contributed by atoms with van der Waals surface area (Å²) >= 11 is 0. The number of methoxy groups -OCH3 is 1. The van der Waals surface area contributed by atoms with Gasteiger partial charge in [0.1, 0.15) is 11.6 Å². The number of pyridine rings is 1. The van der Waals surface area contributed by atoms with Crippen molar-refractivity contribution in [3.05, 3.63) is 72.1 Å². The molecule has 0 spiro atoms. The fraction of sp³-hybridized carbons (Fsp3) is 0.407. The van der Waals surface area contributed by atoms with E-state index in [-0.39, 0.29) is 17.2 Å². The summed E-state index contributed by atoms with van der Waals surface area (Å²) in [5, 5.41) is 0. The maximum atomic E-state index is 12.9. The number of carbonyl (C=O) groups excluding carboxylic acids is 1. The van der Waals surface area contributed by atoms with E-state index in [1.807, 2.05) is 47.5 Å². The molecule has 0 N–H and O–H groups in total. The first kappa shape index (κ1) is 22.9. The standard InChI is InChI=1S/C27H32N4O2/c1-27(2,3)26-29-18-23(20-8-12-28-13-9-20)25(30-26)21-10-14-31(15-11-21)24(32)17-19-6-5-7-22(16-19)33-4/h5-9,12-13,16,18,21H,10-11,14-15,17H2,1-4H3. The average molecular weight is 445 g/mol. The number of hydrogen-bond acceptors (Lipinski definition) is 5. The second-order valence-corrected chi connectivity index (χ2v) is 9.66. The summed E-state index contributed by atoms with van der Waals surface area (Å²) in [7, 11) is 1.64. The Bertz CT molecular complexity index is 1100. The molecule has 1 aromatic carbocycles. The van der Waals surface area contributed by atoms with Gasteiger partial charge in [0.25, 0.3) is 0 Å². The zero-order chi connectivity index (χ0) is 23.4. The van der Waals surface area contributed by atoms with Crippen molar-refractivity contribution in [1.82, 2.24) is 19.9 Å². The van der Waals surface area contributed by atoms with Gasteiger partial charge in [-0.3, -0.25) is 9.78 Å². The predicted octanol–water partition coefficient (Wildman–Crippen LogP) is 4.79. The molecule has 1 aliphatic heterocycles. The number of ether oxygens (including phenoxy) is 1. The molecule has 2 aromatic heterocycles. The van der Waals surface area contributed by atoms with E-state index in [2.05, 4.69) is 30.7 Å². The second kappa shape index (κ2) is 9.69. The predicted molar refractivity (Wildman–Crippen MR) is 129 cm³/mol. The number of benzene rings is 1. The molecule has 1 fully saturated rings. The third-order valence-corrected chi connectivity index (χ3v) is 6.20. The quantitative estimate of drug-likeness (QED) is 0.566. The summed E-state index contributed by atoms with van der Waals surface area (Å²) in [6.07, 6.45) is 7.74. The van der Waals surface area contributed by atoms with Gasteiger partial charge < -0.3 is 9.64 Å². The van der Waals surface area contributed by atoms with Crippen molar-refractivity contribution in [2.24, 2.45) is 0 Å². The highest BCUT2D eigenvalue weighted by atomic mass is 16.5. The number of nitrogens with zero attached hydrogens (tertiary/aromatic N) is 4. The monoisotopic (exact) mass is 444 g/mol. The lowest BCUT2D eigenvalue weighted by Crippen LogP contribution is -2.39.